The number of nitrogens with zero attached hydrogens (tertiary/aromatic N) is 2. The van der Waals surface area contributed by atoms with E-state index in [0.29, 0.717) is 5.75 Å². The van der Waals surface area contributed by atoms with Crippen LogP contribution < -0.4 is 9.47 Å². The number of pyridine rings is 1. The molecule has 5 rings (SSSR count). The van der Waals surface area contributed by atoms with E-state index in [-0.39, 0.29) is 11.1 Å². The molecule has 7 heteroatoms. The first-order valence-corrected chi connectivity index (χ1v) is 12.5. The van der Waals surface area contributed by atoms with Gasteiger partial charge >= 0.3 is 0 Å². The van der Waals surface area contributed by atoms with Gasteiger partial charge in [-0.2, -0.15) is 0 Å². The van der Waals surface area contributed by atoms with Crippen LogP contribution in [0.3, 0.4) is 0 Å². The molecule has 2 aliphatic heterocycles. The van der Waals surface area contributed by atoms with Gasteiger partial charge in [-0.1, -0.05) is 18.6 Å². The molecule has 2 atom stereocenters. The first-order chi connectivity index (χ1) is 14.5. The highest BCUT2D eigenvalue weighted by Crippen LogP contribution is 2.62. The summed E-state index contributed by atoms with van der Waals surface area (Å²) in [6.45, 7) is 4.07. The maximum atomic E-state index is 10.7. The molecule has 1 saturated carbocycles. The first-order valence-electron chi connectivity index (χ1n) is 10.9. The fourth-order valence-corrected chi connectivity index (χ4v) is 6.19. The van der Waals surface area contributed by atoms with E-state index in [9.17, 15) is 9.11 Å². The minimum atomic E-state index is -3.03. The highest BCUT2D eigenvalue weighted by molar-refractivity contribution is 8.24. The molecule has 0 unspecified atom stereocenters. The summed E-state index contributed by atoms with van der Waals surface area (Å²) in [6.07, 6.45) is 7.64. The lowest BCUT2D eigenvalue weighted by molar-refractivity contribution is 0.0493. The van der Waals surface area contributed by atoms with Crippen LogP contribution in [0.25, 0.3) is 0 Å². The summed E-state index contributed by atoms with van der Waals surface area (Å²) in [7, 11) is -3.03. The van der Waals surface area contributed by atoms with Crippen molar-refractivity contribution in [3.63, 3.8) is 0 Å². The molecular weight excluding hydrogens is 400 g/mol. The first kappa shape index (κ1) is 20.1. The Labute approximate surface area is 179 Å². The number of aromatic nitrogens is 1. The van der Waals surface area contributed by atoms with Gasteiger partial charge in [0, 0.05) is 25.3 Å². The van der Waals surface area contributed by atoms with Crippen molar-refractivity contribution in [2.45, 2.75) is 67.6 Å². The third-order valence-electron chi connectivity index (χ3n) is 6.80. The van der Waals surface area contributed by atoms with Crippen LogP contribution in [-0.2, 0) is 0 Å². The standard InChI is InChI=1S/C23H30N2O4S/c1-16-22(29-21-6-3-13-24-23(21)30(16,26)27)17-7-9-19(10-8-17)28-20-11-14-25(15-12-20)18-4-2-5-18/h3,6-10,13,16,18,20,22,26-27H,2,4-5,11-12,14-15H2,1H3/t16-,22+/m0/s1. The molecule has 1 aromatic carbocycles. The minimum absolute atomic E-state index is 0.252. The number of hydrogen-bond acceptors (Lipinski definition) is 6. The number of piperidine rings is 1. The van der Waals surface area contributed by atoms with Gasteiger partial charge in [0.2, 0.25) is 0 Å². The molecule has 0 radical (unpaired) electrons. The molecule has 1 saturated heterocycles. The van der Waals surface area contributed by atoms with E-state index in [2.05, 4.69) is 9.88 Å². The molecule has 30 heavy (non-hydrogen) atoms. The number of likely N-dealkylation sites (tertiary alicyclic amines) is 1. The lowest BCUT2D eigenvalue weighted by atomic mass is 9.90. The van der Waals surface area contributed by atoms with Crippen molar-refractivity contribution in [1.29, 1.82) is 0 Å². The fraction of sp³-hybridized carbons (Fsp3) is 0.522. The highest BCUT2D eigenvalue weighted by atomic mass is 32.3. The van der Waals surface area contributed by atoms with Crippen molar-refractivity contribution < 1.29 is 18.6 Å². The summed E-state index contributed by atoms with van der Waals surface area (Å²) in [5.41, 5.74) is 0.907. The van der Waals surface area contributed by atoms with Gasteiger partial charge in [-0.3, -0.25) is 9.11 Å². The summed E-state index contributed by atoms with van der Waals surface area (Å²) < 4.78 is 33.8. The second-order valence-corrected chi connectivity index (χ2v) is 11.0. The second kappa shape index (κ2) is 8.04. The largest absolute Gasteiger partial charge is 0.490 e. The average Bonchev–Trinajstić information content (AvgIpc) is 2.72. The fourth-order valence-electron chi connectivity index (χ4n) is 4.65. The van der Waals surface area contributed by atoms with Crippen LogP contribution in [0, 0.1) is 0 Å². The number of hydrogen-bond donors (Lipinski definition) is 2. The van der Waals surface area contributed by atoms with Crippen molar-refractivity contribution in [1.82, 2.24) is 9.88 Å². The Kier molecular flexibility index (Phi) is 5.39. The van der Waals surface area contributed by atoms with E-state index < -0.39 is 21.9 Å². The van der Waals surface area contributed by atoms with Crippen LogP contribution in [0.5, 0.6) is 11.5 Å². The Morgan fingerprint density at radius 1 is 1.07 bits per heavy atom. The molecular formula is C23H30N2O4S. The molecule has 162 valence electrons. The van der Waals surface area contributed by atoms with Gasteiger partial charge in [-0.05, 0) is 62.4 Å². The summed E-state index contributed by atoms with van der Waals surface area (Å²) in [5, 5.41) is -0.232. The highest BCUT2D eigenvalue weighted by Gasteiger charge is 2.41. The smallest absolute Gasteiger partial charge is 0.189 e. The van der Waals surface area contributed by atoms with Crippen LogP contribution in [0.4, 0.5) is 0 Å². The predicted molar refractivity (Wildman–Crippen MR) is 117 cm³/mol. The van der Waals surface area contributed by atoms with E-state index in [0.717, 1.165) is 43.3 Å². The topological polar surface area (TPSA) is 75.1 Å². The van der Waals surface area contributed by atoms with E-state index in [1.54, 1.807) is 25.3 Å². The Bertz CT molecular complexity index is 879. The molecule has 2 fully saturated rings. The van der Waals surface area contributed by atoms with Gasteiger partial charge in [0.15, 0.2) is 10.8 Å². The van der Waals surface area contributed by atoms with Gasteiger partial charge in [0.1, 0.15) is 18.0 Å². The molecule has 6 nitrogen and oxygen atoms in total. The summed E-state index contributed by atoms with van der Waals surface area (Å²) in [5.74, 6) is 1.30. The van der Waals surface area contributed by atoms with Crippen LogP contribution in [-0.4, -0.2) is 49.5 Å². The lowest BCUT2D eigenvalue weighted by Crippen LogP contribution is -2.46. The van der Waals surface area contributed by atoms with Gasteiger partial charge < -0.3 is 14.4 Å². The van der Waals surface area contributed by atoms with Crippen LogP contribution >= 0.6 is 10.6 Å². The van der Waals surface area contributed by atoms with Gasteiger partial charge in [-0.15, -0.1) is 10.6 Å². The molecule has 3 aliphatic rings. The zero-order valence-electron chi connectivity index (χ0n) is 17.3. The Morgan fingerprint density at radius 2 is 1.80 bits per heavy atom. The summed E-state index contributed by atoms with van der Waals surface area (Å²) in [4.78, 5) is 6.77. The number of fused-ring (bicyclic) bond motifs is 1. The summed E-state index contributed by atoms with van der Waals surface area (Å²) in [6, 6.07) is 12.2. The normalized spacial score (nSPS) is 28.1. The number of benzene rings is 1. The zero-order chi connectivity index (χ0) is 20.7. The maximum Gasteiger partial charge on any atom is 0.189 e. The Morgan fingerprint density at radius 3 is 2.47 bits per heavy atom. The quantitative estimate of drug-likeness (QED) is 0.702. The van der Waals surface area contributed by atoms with Crippen molar-refractivity contribution in [2.75, 3.05) is 13.1 Å². The third-order valence-corrected chi connectivity index (χ3v) is 8.96. The lowest BCUT2D eigenvalue weighted by Gasteiger charge is -2.45. The molecule has 0 spiro atoms. The van der Waals surface area contributed by atoms with Gasteiger partial charge in [0.05, 0.1) is 5.25 Å². The monoisotopic (exact) mass is 430 g/mol. The van der Waals surface area contributed by atoms with Gasteiger partial charge in [-0.25, -0.2) is 4.98 Å². The molecule has 1 aliphatic carbocycles. The van der Waals surface area contributed by atoms with Crippen molar-refractivity contribution >= 4 is 10.6 Å². The maximum absolute atomic E-state index is 10.7. The molecule has 1 aromatic heterocycles. The van der Waals surface area contributed by atoms with Crippen molar-refractivity contribution in [3.8, 4) is 11.5 Å². The van der Waals surface area contributed by atoms with Crippen LogP contribution in [0.2, 0.25) is 0 Å². The Balaban J connectivity index is 1.24. The minimum Gasteiger partial charge on any atom is -0.490 e. The summed E-state index contributed by atoms with van der Waals surface area (Å²) >= 11 is 0. The van der Waals surface area contributed by atoms with E-state index in [4.69, 9.17) is 9.47 Å². The SMILES string of the molecule is C[C@H]1[C@H](c2ccc(OC3CCN(C4CCC4)CC3)cc2)Oc2cccnc2S1(O)O. The van der Waals surface area contributed by atoms with Crippen LogP contribution in [0.15, 0.2) is 47.6 Å². The molecule has 0 amide bonds. The Hall–Kier alpha value is -1.80. The van der Waals surface area contributed by atoms with Crippen molar-refractivity contribution in [3.05, 3.63) is 48.2 Å². The van der Waals surface area contributed by atoms with E-state index >= 15 is 0 Å². The number of rotatable bonds is 4. The second-order valence-electron chi connectivity index (χ2n) is 8.65. The average molecular weight is 431 g/mol. The van der Waals surface area contributed by atoms with Gasteiger partial charge in [0.25, 0.3) is 0 Å². The van der Waals surface area contributed by atoms with E-state index in [1.165, 1.54) is 19.3 Å². The van der Waals surface area contributed by atoms with E-state index in [1.807, 2.05) is 24.3 Å². The molecule has 2 N–H and O–H groups in total. The molecule has 3 heterocycles. The molecule has 0 bridgehead atoms. The number of ether oxygens (including phenoxy) is 2. The third kappa shape index (κ3) is 3.68. The van der Waals surface area contributed by atoms with Crippen LogP contribution in [0.1, 0.15) is 50.7 Å². The predicted octanol–water partition coefficient (Wildman–Crippen LogP) is 5.11. The zero-order valence-corrected chi connectivity index (χ0v) is 18.1. The van der Waals surface area contributed by atoms with Crippen molar-refractivity contribution in [2.24, 2.45) is 0 Å². The molecule has 2 aromatic rings.